The van der Waals surface area contributed by atoms with E-state index in [2.05, 4.69) is 5.32 Å². The van der Waals surface area contributed by atoms with E-state index >= 15 is 0 Å². The van der Waals surface area contributed by atoms with Crippen LogP contribution in [0.2, 0.25) is 0 Å². The smallest absolute Gasteiger partial charge is 0.336 e. The Morgan fingerprint density at radius 3 is 2.54 bits per heavy atom. The molecule has 1 atom stereocenters. The van der Waals surface area contributed by atoms with Crippen molar-refractivity contribution in [2.45, 2.75) is 19.8 Å². The molecular formula is C21H21FN2O4. The Kier molecular flexibility index (Phi) is 5.73. The fourth-order valence-electron chi connectivity index (χ4n) is 3.33. The van der Waals surface area contributed by atoms with Crippen LogP contribution in [0.4, 0.5) is 10.1 Å². The van der Waals surface area contributed by atoms with E-state index in [-0.39, 0.29) is 23.9 Å². The van der Waals surface area contributed by atoms with Gasteiger partial charge in [0.2, 0.25) is 5.91 Å². The lowest BCUT2D eigenvalue weighted by atomic mass is 9.96. The number of carbonyl (C=O) groups excluding carboxylic acids is 2. The second-order valence-electron chi connectivity index (χ2n) is 6.92. The second-order valence-corrected chi connectivity index (χ2v) is 6.92. The minimum absolute atomic E-state index is 0.134. The lowest BCUT2D eigenvalue weighted by Crippen LogP contribution is -2.43. The number of carboxylic acid groups (broad SMARTS) is 1. The Balaban J connectivity index is 1.67. The van der Waals surface area contributed by atoms with Crippen molar-refractivity contribution in [3.05, 3.63) is 65.0 Å². The maximum absolute atomic E-state index is 13.1. The number of carbonyl (C=O) groups is 3. The number of nitrogens with zero attached hydrogens (tertiary/aromatic N) is 1. The fourth-order valence-corrected chi connectivity index (χ4v) is 3.33. The molecule has 1 unspecified atom stereocenters. The van der Waals surface area contributed by atoms with Gasteiger partial charge in [-0.1, -0.05) is 6.07 Å². The van der Waals surface area contributed by atoms with Crippen molar-refractivity contribution in [3.8, 4) is 0 Å². The highest BCUT2D eigenvalue weighted by molar-refractivity contribution is 5.97. The first-order valence-electron chi connectivity index (χ1n) is 9.05. The van der Waals surface area contributed by atoms with E-state index in [0.29, 0.717) is 36.2 Å². The Bertz CT molecular complexity index is 911. The standard InChI is InChI=1S/C21H21FN2O4/c1-13-4-9-17(11-18(13)21(27)28)23-19(25)15-3-2-10-24(12-15)20(26)14-5-7-16(22)8-6-14/h4-9,11,15H,2-3,10,12H2,1H3,(H,23,25)(H,27,28). The molecule has 3 rings (SSSR count). The van der Waals surface area contributed by atoms with Crippen LogP contribution in [0.15, 0.2) is 42.5 Å². The summed E-state index contributed by atoms with van der Waals surface area (Å²) in [6.07, 6.45) is 1.32. The van der Waals surface area contributed by atoms with Crippen LogP contribution < -0.4 is 5.32 Å². The van der Waals surface area contributed by atoms with E-state index in [0.717, 1.165) is 0 Å². The summed E-state index contributed by atoms with van der Waals surface area (Å²) in [5.74, 6) is -2.35. The zero-order valence-electron chi connectivity index (χ0n) is 15.4. The molecule has 2 aromatic rings. The molecule has 0 bridgehead atoms. The number of hydrogen-bond acceptors (Lipinski definition) is 3. The number of likely N-dealkylation sites (tertiary alicyclic amines) is 1. The van der Waals surface area contributed by atoms with Gasteiger partial charge in [0, 0.05) is 24.3 Å². The van der Waals surface area contributed by atoms with Crippen molar-refractivity contribution in [1.29, 1.82) is 0 Å². The van der Waals surface area contributed by atoms with Gasteiger partial charge in [-0.25, -0.2) is 9.18 Å². The summed E-state index contributed by atoms with van der Waals surface area (Å²) in [7, 11) is 0. The highest BCUT2D eigenvalue weighted by Gasteiger charge is 2.29. The molecule has 2 N–H and O–H groups in total. The van der Waals surface area contributed by atoms with Gasteiger partial charge in [0.25, 0.3) is 5.91 Å². The van der Waals surface area contributed by atoms with Gasteiger partial charge < -0.3 is 15.3 Å². The SMILES string of the molecule is Cc1ccc(NC(=O)C2CCCN(C(=O)c3ccc(F)cc3)C2)cc1C(=O)O. The first-order valence-corrected chi connectivity index (χ1v) is 9.05. The van der Waals surface area contributed by atoms with Crippen LogP contribution in [0.3, 0.4) is 0 Å². The number of aromatic carboxylic acids is 1. The molecule has 2 aromatic carbocycles. The molecule has 1 aliphatic rings. The van der Waals surface area contributed by atoms with Crippen molar-refractivity contribution in [2.24, 2.45) is 5.92 Å². The Morgan fingerprint density at radius 1 is 1.14 bits per heavy atom. The summed E-state index contributed by atoms with van der Waals surface area (Å²) in [4.78, 5) is 38.1. The van der Waals surface area contributed by atoms with E-state index in [4.69, 9.17) is 0 Å². The lowest BCUT2D eigenvalue weighted by molar-refractivity contribution is -0.121. The summed E-state index contributed by atoms with van der Waals surface area (Å²) >= 11 is 0. The molecule has 28 heavy (non-hydrogen) atoms. The monoisotopic (exact) mass is 384 g/mol. The van der Waals surface area contributed by atoms with Crippen LogP contribution in [0.1, 0.15) is 39.1 Å². The third kappa shape index (κ3) is 4.36. The van der Waals surface area contributed by atoms with Crippen LogP contribution in [0.5, 0.6) is 0 Å². The van der Waals surface area contributed by atoms with Crippen LogP contribution in [-0.4, -0.2) is 40.9 Å². The molecule has 0 saturated carbocycles. The number of anilines is 1. The van der Waals surface area contributed by atoms with Crippen molar-refractivity contribution >= 4 is 23.5 Å². The van der Waals surface area contributed by atoms with Crippen LogP contribution in [-0.2, 0) is 4.79 Å². The number of carboxylic acids is 1. The molecule has 0 aromatic heterocycles. The van der Waals surface area contributed by atoms with Gasteiger partial charge in [0.05, 0.1) is 11.5 Å². The largest absolute Gasteiger partial charge is 0.478 e. The fraction of sp³-hybridized carbons (Fsp3) is 0.286. The number of amides is 2. The lowest BCUT2D eigenvalue weighted by Gasteiger charge is -2.32. The quantitative estimate of drug-likeness (QED) is 0.847. The number of hydrogen-bond donors (Lipinski definition) is 2. The molecule has 2 amide bonds. The predicted molar refractivity (Wildman–Crippen MR) is 102 cm³/mol. The molecule has 146 valence electrons. The summed E-state index contributed by atoms with van der Waals surface area (Å²) in [5.41, 5.74) is 1.54. The van der Waals surface area contributed by atoms with Gasteiger partial charge >= 0.3 is 5.97 Å². The molecule has 1 aliphatic heterocycles. The highest BCUT2D eigenvalue weighted by atomic mass is 19.1. The van der Waals surface area contributed by atoms with E-state index in [1.807, 2.05) is 0 Å². The molecule has 7 heteroatoms. The van der Waals surface area contributed by atoms with Gasteiger partial charge in [-0.3, -0.25) is 9.59 Å². The van der Waals surface area contributed by atoms with E-state index in [1.54, 1.807) is 24.0 Å². The van der Waals surface area contributed by atoms with Gasteiger partial charge in [0.1, 0.15) is 5.82 Å². The van der Waals surface area contributed by atoms with Crippen molar-refractivity contribution in [1.82, 2.24) is 4.90 Å². The predicted octanol–water partition coefficient (Wildman–Crippen LogP) is 3.32. The second kappa shape index (κ2) is 8.21. The number of aryl methyl sites for hydroxylation is 1. The minimum atomic E-state index is -1.05. The van der Waals surface area contributed by atoms with Gasteiger partial charge in [-0.2, -0.15) is 0 Å². The zero-order valence-corrected chi connectivity index (χ0v) is 15.4. The van der Waals surface area contributed by atoms with Crippen molar-refractivity contribution in [2.75, 3.05) is 18.4 Å². The highest BCUT2D eigenvalue weighted by Crippen LogP contribution is 2.22. The average molecular weight is 384 g/mol. The van der Waals surface area contributed by atoms with E-state index < -0.39 is 17.7 Å². The number of halogens is 1. The third-order valence-corrected chi connectivity index (χ3v) is 4.91. The molecule has 6 nitrogen and oxygen atoms in total. The summed E-state index contributed by atoms with van der Waals surface area (Å²) in [6.45, 7) is 2.49. The third-order valence-electron chi connectivity index (χ3n) is 4.91. The molecule has 0 spiro atoms. The van der Waals surface area contributed by atoms with Crippen LogP contribution in [0.25, 0.3) is 0 Å². The van der Waals surface area contributed by atoms with Crippen LogP contribution >= 0.6 is 0 Å². The molecular weight excluding hydrogens is 363 g/mol. The van der Waals surface area contributed by atoms with Crippen molar-refractivity contribution < 1.29 is 23.9 Å². The first kappa shape index (κ1) is 19.5. The number of benzene rings is 2. The minimum Gasteiger partial charge on any atom is -0.478 e. The van der Waals surface area contributed by atoms with Crippen molar-refractivity contribution in [3.63, 3.8) is 0 Å². The number of piperidine rings is 1. The normalized spacial score (nSPS) is 16.5. The zero-order chi connectivity index (χ0) is 20.3. The Morgan fingerprint density at radius 2 is 1.86 bits per heavy atom. The molecule has 0 radical (unpaired) electrons. The molecule has 1 heterocycles. The van der Waals surface area contributed by atoms with Crippen LogP contribution in [0, 0.1) is 18.7 Å². The first-order chi connectivity index (χ1) is 13.3. The Labute approximate surface area is 162 Å². The maximum atomic E-state index is 13.1. The van der Waals surface area contributed by atoms with Gasteiger partial charge in [-0.15, -0.1) is 0 Å². The maximum Gasteiger partial charge on any atom is 0.336 e. The summed E-state index contributed by atoms with van der Waals surface area (Å²) < 4.78 is 13.1. The molecule has 1 fully saturated rings. The molecule has 1 saturated heterocycles. The summed E-state index contributed by atoms with van der Waals surface area (Å²) in [5, 5.41) is 12.0. The average Bonchev–Trinajstić information content (AvgIpc) is 2.69. The molecule has 0 aliphatic carbocycles. The van der Waals surface area contributed by atoms with E-state index in [1.165, 1.54) is 30.3 Å². The van der Waals surface area contributed by atoms with Gasteiger partial charge in [-0.05, 0) is 61.7 Å². The number of rotatable bonds is 4. The van der Waals surface area contributed by atoms with E-state index in [9.17, 15) is 23.9 Å². The van der Waals surface area contributed by atoms with Gasteiger partial charge in [0.15, 0.2) is 0 Å². The summed E-state index contributed by atoms with van der Waals surface area (Å²) in [6, 6.07) is 10.1. The number of nitrogens with one attached hydrogen (secondary N) is 1. The topological polar surface area (TPSA) is 86.7 Å². The Hall–Kier alpha value is -3.22.